The summed E-state index contributed by atoms with van der Waals surface area (Å²) in [5.74, 6) is 0.238. The fourth-order valence-electron chi connectivity index (χ4n) is 3.92. The molecule has 4 rings (SSSR count). The molecule has 0 aliphatic carbocycles. The van der Waals surface area contributed by atoms with Crippen molar-refractivity contribution in [2.45, 2.75) is 31.8 Å². The van der Waals surface area contributed by atoms with E-state index in [1.807, 2.05) is 29.3 Å². The van der Waals surface area contributed by atoms with Crippen LogP contribution in [0.3, 0.4) is 0 Å². The van der Waals surface area contributed by atoms with Crippen LogP contribution in [0.4, 0.5) is 0 Å². The summed E-state index contributed by atoms with van der Waals surface area (Å²) < 4.78 is 0. The Hall–Kier alpha value is -2.20. The van der Waals surface area contributed by atoms with E-state index in [0.717, 1.165) is 44.6 Å². The fraction of sp³-hybridized carbons (Fsp3) is 0.400. The third kappa shape index (κ3) is 3.06. The molecule has 24 heavy (non-hydrogen) atoms. The largest absolute Gasteiger partial charge is 0.333 e. The highest BCUT2D eigenvalue weighted by atomic mass is 16.2. The molecule has 2 aliphatic heterocycles. The summed E-state index contributed by atoms with van der Waals surface area (Å²) in [6.45, 7) is 3.21. The number of hydrogen-bond acceptors (Lipinski definition) is 3. The number of rotatable bonds is 3. The first kappa shape index (κ1) is 15.3. The van der Waals surface area contributed by atoms with Crippen molar-refractivity contribution in [2.75, 3.05) is 19.6 Å². The number of likely N-dealkylation sites (tertiary alicyclic amines) is 1. The van der Waals surface area contributed by atoms with Gasteiger partial charge in [-0.3, -0.25) is 14.7 Å². The highest BCUT2D eigenvalue weighted by Crippen LogP contribution is 2.31. The zero-order valence-corrected chi connectivity index (χ0v) is 13.9. The highest BCUT2D eigenvalue weighted by molar-refractivity contribution is 5.79. The maximum absolute atomic E-state index is 12.9. The maximum atomic E-state index is 12.9. The van der Waals surface area contributed by atoms with Gasteiger partial charge >= 0.3 is 0 Å². The lowest BCUT2D eigenvalue weighted by molar-refractivity contribution is -0.133. The normalized spacial score (nSPS) is 20.8. The summed E-state index contributed by atoms with van der Waals surface area (Å²) in [4.78, 5) is 21.6. The average molecular weight is 321 g/mol. The molecule has 124 valence electrons. The van der Waals surface area contributed by atoms with E-state index in [4.69, 9.17) is 0 Å². The summed E-state index contributed by atoms with van der Waals surface area (Å²) in [6, 6.07) is 14.7. The number of carbonyl (C=O) groups excluding carboxylic acids is 1. The van der Waals surface area contributed by atoms with Crippen LogP contribution in [0.5, 0.6) is 0 Å². The van der Waals surface area contributed by atoms with Crippen LogP contribution in [0.1, 0.15) is 35.7 Å². The SMILES string of the molecule is O=C(CN1CCc2ccccc2C1)N1CCC[C@@H]1c1ccccn1. The monoisotopic (exact) mass is 321 g/mol. The van der Waals surface area contributed by atoms with Crippen LogP contribution >= 0.6 is 0 Å². The quantitative estimate of drug-likeness (QED) is 0.872. The van der Waals surface area contributed by atoms with Crippen molar-refractivity contribution in [1.82, 2.24) is 14.8 Å². The molecule has 0 spiro atoms. The number of pyridine rings is 1. The van der Waals surface area contributed by atoms with Gasteiger partial charge in [0, 0.05) is 25.8 Å². The van der Waals surface area contributed by atoms with Gasteiger partial charge in [0.2, 0.25) is 5.91 Å². The first-order chi connectivity index (χ1) is 11.8. The minimum Gasteiger partial charge on any atom is -0.333 e. The lowest BCUT2D eigenvalue weighted by atomic mass is 10.00. The molecule has 1 aromatic carbocycles. The van der Waals surface area contributed by atoms with Gasteiger partial charge in [0.25, 0.3) is 0 Å². The lowest BCUT2D eigenvalue weighted by Crippen LogP contribution is -2.42. The van der Waals surface area contributed by atoms with Crippen LogP contribution in [0.15, 0.2) is 48.7 Å². The molecule has 4 nitrogen and oxygen atoms in total. The van der Waals surface area contributed by atoms with Gasteiger partial charge in [0.1, 0.15) is 0 Å². The van der Waals surface area contributed by atoms with Gasteiger partial charge < -0.3 is 4.90 Å². The predicted octanol–water partition coefficient (Wildman–Crippen LogP) is 2.80. The van der Waals surface area contributed by atoms with E-state index < -0.39 is 0 Å². The first-order valence-electron chi connectivity index (χ1n) is 8.81. The first-order valence-corrected chi connectivity index (χ1v) is 8.81. The molecular formula is C20H23N3O. The van der Waals surface area contributed by atoms with Crippen molar-refractivity contribution in [3.63, 3.8) is 0 Å². The highest BCUT2D eigenvalue weighted by Gasteiger charge is 2.31. The van der Waals surface area contributed by atoms with Gasteiger partial charge in [-0.1, -0.05) is 30.3 Å². The Morgan fingerprint density at radius 3 is 2.75 bits per heavy atom. The second kappa shape index (κ2) is 6.73. The van der Waals surface area contributed by atoms with Gasteiger partial charge in [-0.25, -0.2) is 0 Å². The third-order valence-corrected chi connectivity index (χ3v) is 5.17. The topological polar surface area (TPSA) is 36.4 Å². The average Bonchev–Trinajstić information content (AvgIpc) is 3.12. The number of benzene rings is 1. The molecule has 1 amide bonds. The standard InChI is InChI=1S/C20H23N3O/c24-20(15-22-13-10-16-6-1-2-7-17(16)14-22)23-12-5-9-19(23)18-8-3-4-11-21-18/h1-4,6-8,11,19H,5,9-10,12-15H2/t19-/m1/s1. The molecule has 2 aliphatic rings. The molecule has 1 aromatic heterocycles. The molecule has 0 bridgehead atoms. The minimum absolute atomic E-state index is 0.149. The number of fused-ring (bicyclic) bond motifs is 1. The van der Waals surface area contributed by atoms with Crippen molar-refractivity contribution in [3.05, 3.63) is 65.5 Å². The molecule has 0 radical (unpaired) electrons. The predicted molar refractivity (Wildman–Crippen MR) is 93.3 cm³/mol. The number of nitrogens with zero attached hydrogens (tertiary/aromatic N) is 3. The van der Waals surface area contributed by atoms with E-state index >= 15 is 0 Å². The Bertz CT molecular complexity index is 716. The Kier molecular flexibility index (Phi) is 4.30. The molecular weight excluding hydrogens is 298 g/mol. The molecule has 1 atom stereocenters. The van der Waals surface area contributed by atoms with E-state index in [2.05, 4.69) is 34.1 Å². The summed E-state index contributed by atoms with van der Waals surface area (Å²) >= 11 is 0. The maximum Gasteiger partial charge on any atom is 0.237 e. The molecule has 1 fully saturated rings. The summed E-state index contributed by atoms with van der Waals surface area (Å²) in [5, 5.41) is 0. The summed E-state index contributed by atoms with van der Waals surface area (Å²) in [7, 11) is 0. The van der Waals surface area contributed by atoms with Gasteiger partial charge in [-0.2, -0.15) is 0 Å². The van der Waals surface area contributed by atoms with E-state index in [0.29, 0.717) is 6.54 Å². The number of aromatic nitrogens is 1. The zero-order chi connectivity index (χ0) is 16.4. The van der Waals surface area contributed by atoms with Crippen LogP contribution < -0.4 is 0 Å². The van der Waals surface area contributed by atoms with E-state index in [-0.39, 0.29) is 11.9 Å². The lowest BCUT2D eigenvalue weighted by Gasteiger charge is -2.31. The van der Waals surface area contributed by atoms with Crippen LogP contribution in [-0.2, 0) is 17.8 Å². The van der Waals surface area contributed by atoms with Crippen molar-refractivity contribution >= 4 is 5.91 Å². The smallest absolute Gasteiger partial charge is 0.237 e. The van der Waals surface area contributed by atoms with Gasteiger partial charge in [-0.05, 0) is 42.5 Å². The van der Waals surface area contributed by atoms with Gasteiger partial charge in [-0.15, -0.1) is 0 Å². The van der Waals surface area contributed by atoms with Crippen LogP contribution in [0.25, 0.3) is 0 Å². The number of carbonyl (C=O) groups is 1. The summed E-state index contributed by atoms with van der Waals surface area (Å²) in [6.07, 6.45) is 4.94. The molecule has 4 heteroatoms. The Balaban J connectivity index is 1.43. The van der Waals surface area contributed by atoms with E-state index in [1.165, 1.54) is 11.1 Å². The van der Waals surface area contributed by atoms with Crippen molar-refractivity contribution in [1.29, 1.82) is 0 Å². The fourth-order valence-corrected chi connectivity index (χ4v) is 3.92. The molecule has 0 N–H and O–H groups in total. The molecule has 0 saturated carbocycles. The Morgan fingerprint density at radius 2 is 1.92 bits per heavy atom. The van der Waals surface area contributed by atoms with Crippen molar-refractivity contribution in [2.24, 2.45) is 0 Å². The minimum atomic E-state index is 0.149. The van der Waals surface area contributed by atoms with Crippen LogP contribution in [0.2, 0.25) is 0 Å². The molecule has 0 unspecified atom stereocenters. The van der Waals surface area contributed by atoms with Gasteiger partial charge in [0.05, 0.1) is 18.3 Å². The summed E-state index contributed by atoms with van der Waals surface area (Å²) in [5.41, 5.74) is 3.81. The third-order valence-electron chi connectivity index (χ3n) is 5.17. The van der Waals surface area contributed by atoms with Crippen LogP contribution in [-0.4, -0.2) is 40.3 Å². The second-order valence-corrected chi connectivity index (χ2v) is 6.73. The molecule has 1 saturated heterocycles. The van der Waals surface area contributed by atoms with Crippen LogP contribution in [0, 0.1) is 0 Å². The van der Waals surface area contributed by atoms with Crippen molar-refractivity contribution < 1.29 is 4.79 Å². The zero-order valence-electron chi connectivity index (χ0n) is 13.9. The number of hydrogen-bond donors (Lipinski definition) is 0. The van der Waals surface area contributed by atoms with E-state index in [9.17, 15) is 4.79 Å². The Labute approximate surface area is 143 Å². The Morgan fingerprint density at radius 1 is 1.08 bits per heavy atom. The van der Waals surface area contributed by atoms with Gasteiger partial charge in [0.15, 0.2) is 0 Å². The molecule has 2 aromatic rings. The second-order valence-electron chi connectivity index (χ2n) is 6.73. The molecule has 3 heterocycles. The van der Waals surface area contributed by atoms with Crippen molar-refractivity contribution in [3.8, 4) is 0 Å². The number of amides is 1. The van der Waals surface area contributed by atoms with E-state index in [1.54, 1.807) is 0 Å².